The number of rotatable bonds is 8. The van der Waals surface area contributed by atoms with Gasteiger partial charge in [-0.3, -0.25) is 4.31 Å². The average Bonchev–Trinajstić information content (AvgIpc) is 2.90. The predicted octanol–water partition coefficient (Wildman–Crippen LogP) is 4.84. The molecular weight excluding hydrogens is 466 g/mol. The maximum atomic E-state index is 14.0. The topological polar surface area (TPSA) is 82.1 Å². The van der Waals surface area contributed by atoms with Crippen LogP contribution in [0.4, 0.5) is 5.69 Å². The van der Waals surface area contributed by atoms with E-state index < -0.39 is 16.0 Å². The maximum absolute atomic E-state index is 14.0. The fraction of sp³-hybridized carbons (Fsp3) is 0.444. The summed E-state index contributed by atoms with van der Waals surface area (Å²) in [5.74, 6) is 0.0167. The van der Waals surface area contributed by atoms with E-state index in [9.17, 15) is 13.2 Å². The zero-order valence-corrected chi connectivity index (χ0v) is 21.2. The number of methoxy groups -OCH3 is 1. The molecule has 0 spiro atoms. The van der Waals surface area contributed by atoms with Gasteiger partial charge in [-0.15, -0.1) is 0 Å². The van der Waals surface area contributed by atoms with Crippen LogP contribution in [-0.4, -0.2) is 47.4 Å². The molecule has 1 saturated heterocycles. The van der Waals surface area contributed by atoms with Crippen molar-refractivity contribution in [2.45, 2.75) is 50.0 Å². The van der Waals surface area contributed by atoms with Gasteiger partial charge in [-0.1, -0.05) is 25.6 Å². The minimum atomic E-state index is -3.95. The molecular formula is C27H33NO6S. The molecule has 2 aromatic carbocycles. The fourth-order valence-corrected chi connectivity index (χ4v) is 6.60. The summed E-state index contributed by atoms with van der Waals surface area (Å²) in [5, 5.41) is 0. The van der Waals surface area contributed by atoms with E-state index in [1.165, 1.54) is 23.5 Å². The summed E-state index contributed by atoms with van der Waals surface area (Å²) in [7, 11) is -2.67. The third kappa shape index (κ3) is 5.23. The Morgan fingerprint density at radius 3 is 2.63 bits per heavy atom. The van der Waals surface area contributed by atoms with Crippen LogP contribution in [-0.2, 0) is 25.9 Å². The number of hydrogen-bond acceptors (Lipinski definition) is 6. The highest BCUT2D eigenvalue weighted by atomic mass is 32.2. The van der Waals surface area contributed by atoms with Crippen LogP contribution in [0.15, 0.2) is 47.9 Å². The summed E-state index contributed by atoms with van der Waals surface area (Å²) < 4.78 is 45.7. The molecule has 2 aliphatic rings. The summed E-state index contributed by atoms with van der Waals surface area (Å²) in [5.41, 5.74) is 2.71. The zero-order chi connectivity index (χ0) is 25.0. The predicted molar refractivity (Wildman–Crippen MR) is 135 cm³/mol. The number of aryl methyl sites for hydroxylation is 1. The fourth-order valence-electron chi connectivity index (χ4n) is 4.78. The number of benzene rings is 2. The first-order valence-corrected chi connectivity index (χ1v) is 13.6. The van der Waals surface area contributed by atoms with E-state index in [4.69, 9.17) is 14.2 Å². The number of ether oxygens (including phenoxy) is 3. The van der Waals surface area contributed by atoms with Gasteiger partial charge in [-0.05, 0) is 79.5 Å². The van der Waals surface area contributed by atoms with Gasteiger partial charge in [0, 0.05) is 19.3 Å². The van der Waals surface area contributed by atoms with Crippen molar-refractivity contribution in [2.75, 3.05) is 31.2 Å². The molecule has 2 aromatic rings. The summed E-state index contributed by atoms with van der Waals surface area (Å²) in [6.45, 7) is 7.63. The van der Waals surface area contributed by atoms with E-state index >= 15 is 0 Å². The lowest BCUT2D eigenvalue weighted by Crippen LogP contribution is -2.43. The maximum Gasteiger partial charge on any atom is 0.341 e. The number of hydrogen-bond donors (Lipinski definition) is 0. The van der Waals surface area contributed by atoms with Gasteiger partial charge in [-0.2, -0.15) is 0 Å². The standard InChI is InChI=1S/C27H33NO6S/c1-4-19-6-10-25-21(16-19)7-8-22(5-2)28(25)35(30,31)23-9-11-26(24(17-23)27(29)32-3)34-18-20-12-14-33-15-13-20/h4,6,9-11,16-17,20,22H,1,5,7-8,12-15,18H2,2-3H3/t22-/m1/s1. The number of sulfonamides is 1. The van der Waals surface area contributed by atoms with Crippen molar-refractivity contribution >= 4 is 27.8 Å². The third-order valence-electron chi connectivity index (χ3n) is 6.86. The van der Waals surface area contributed by atoms with Crippen molar-refractivity contribution in [1.82, 2.24) is 0 Å². The number of nitrogens with zero attached hydrogens (tertiary/aromatic N) is 1. The number of anilines is 1. The number of carbonyl (C=O) groups excluding carboxylic acids is 1. The highest BCUT2D eigenvalue weighted by Crippen LogP contribution is 2.38. The Labute approximate surface area is 207 Å². The Morgan fingerprint density at radius 1 is 1.17 bits per heavy atom. The molecule has 1 fully saturated rings. The molecule has 0 aromatic heterocycles. The van der Waals surface area contributed by atoms with E-state index in [0.29, 0.717) is 43.6 Å². The molecule has 0 unspecified atom stereocenters. The van der Waals surface area contributed by atoms with Crippen molar-refractivity contribution in [1.29, 1.82) is 0 Å². The minimum absolute atomic E-state index is 0.0374. The molecule has 35 heavy (non-hydrogen) atoms. The summed E-state index contributed by atoms with van der Waals surface area (Å²) in [4.78, 5) is 12.6. The van der Waals surface area contributed by atoms with Crippen LogP contribution < -0.4 is 9.04 Å². The van der Waals surface area contributed by atoms with Crippen molar-refractivity contribution in [3.63, 3.8) is 0 Å². The van der Waals surface area contributed by atoms with E-state index in [1.807, 2.05) is 25.1 Å². The van der Waals surface area contributed by atoms with Crippen LogP contribution in [0.25, 0.3) is 6.08 Å². The first-order valence-electron chi connectivity index (χ1n) is 12.1. The summed E-state index contributed by atoms with van der Waals surface area (Å²) >= 11 is 0. The van der Waals surface area contributed by atoms with Crippen molar-refractivity contribution in [3.05, 3.63) is 59.7 Å². The molecule has 1 atom stereocenters. The molecule has 0 amide bonds. The Hall–Kier alpha value is -2.84. The van der Waals surface area contributed by atoms with Crippen molar-refractivity contribution in [3.8, 4) is 5.75 Å². The van der Waals surface area contributed by atoms with Gasteiger partial charge in [0.25, 0.3) is 10.0 Å². The molecule has 0 bridgehead atoms. The lowest BCUT2D eigenvalue weighted by atomic mass is 9.95. The van der Waals surface area contributed by atoms with Crippen LogP contribution >= 0.6 is 0 Å². The third-order valence-corrected chi connectivity index (χ3v) is 8.72. The number of fused-ring (bicyclic) bond motifs is 1. The van der Waals surface area contributed by atoms with Crippen molar-refractivity contribution < 1.29 is 27.4 Å². The highest BCUT2D eigenvalue weighted by molar-refractivity contribution is 7.92. The average molecular weight is 500 g/mol. The highest BCUT2D eigenvalue weighted by Gasteiger charge is 2.36. The summed E-state index contributed by atoms with van der Waals surface area (Å²) in [6, 6.07) is 9.99. The second-order valence-corrected chi connectivity index (χ2v) is 10.8. The van der Waals surface area contributed by atoms with Gasteiger partial charge in [0.15, 0.2) is 0 Å². The van der Waals surface area contributed by atoms with Crippen molar-refractivity contribution in [2.24, 2.45) is 5.92 Å². The van der Waals surface area contributed by atoms with Gasteiger partial charge < -0.3 is 14.2 Å². The normalized spacial score (nSPS) is 18.6. The van der Waals surface area contributed by atoms with Gasteiger partial charge in [-0.25, -0.2) is 13.2 Å². The molecule has 2 heterocycles. The molecule has 2 aliphatic heterocycles. The first-order chi connectivity index (χ1) is 16.9. The van der Waals surface area contributed by atoms with Gasteiger partial charge >= 0.3 is 5.97 Å². The SMILES string of the molecule is C=Cc1ccc2c(c1)CC[C@@H](CC)N2S(=O)(=O)c1ccc(OCC2CCOCC2)c(C(=O)OC)c1. The molecule has 0 saturated carbocycles. The van der Waals surface area contributed by atoms with Gasteiger partial charge in [0.1, 0.15) is 11.3 Å². The molecule has 4 rings (SSSR count). The Kier molecular flexibility index (Phi) is 7.82. The van der Waals surface area contributed by atoms with Crippen LogP contribution in [0.2, 0.25) is 0 Å². The Morgan fingerprint density at radius 2 is 1.94 bits per heavy atom. The Balaban J connectivity index is 1.70. The molecule has 0 N–H and O–H groups in total. The minimum Gasteiger partial charge on any atom is -0.492 e. The quantitative estimate of drug-likeness (QED) is 0.484. The van der Waals surface area contributed by atoms with Crippen LogP contribution in [0.1, 0.15) is 54.1 Å². The zero-order valence-electron chi connectivity index (χ0n) is 20.4. The van der Waals surface area contributed by atoms with Crippen LogP contribution in [0.5, 0.6) is 5.75 Å². The lowest BCUT2D eigenvalue weighted by molar-refractivity contribution is 0.0483. The van der Waals surface area contributed by atoms with E-state index in [-0.39, 0.29) is 16.5 Å². The second-order valence-electron chi connectivity index (χ2n) is 9.01. The van der Waals surface area contributed by atoms with Gasteiger partial charge in [0.05, 0.1) is 24.3 Å². The molecule has 0 aliphatic carbocycles. The monoisotopic (exact) mass is 499 g/mol. The van der Waals surface area contributed by atoms with E-state index in [1.54, 1.807) is 12.1 Å². The largest absolute Gasteiger partial charge is 0.492 e. The van der Waals surface area contributed by atoms with E-state index in [0.717, 1.165) is 36.8 Å². The number of esters is 1. The molecule has 7 nitrogen and oxygen atoms in total. The van der Waals surface area contributed by atoms with Crippen LogP contribution in [0.3, 0.4) is 0 Å². The smallest absolute Gasteiger partial charge is 0.341 e. The van der Waals surface area contributed by atoms with E-state index in [2.05, 4.69) is 6.58 Å². The lowest BCUT2D eigenvalue weighted by Gasteiger charge is -2.37. The first kappa shape index (κ1) is 25.3. The number of carbonyl (C=O) groups is 1. The molecule has 0 radical (unpaired) electrons. The van der Waals surface area contributed by atoms with Crippen LogP contribution in [0, 0.1) is 5.92 Å². The molecule has 8 heteroatoms. The molecule has 188 valence electrons. The second kappa shape index (κ2) is 10.8. The van der Waals surface area contributed by atoms with Gasteiger partial charge in [0.2, 0.25) is 0 Å². The summed E-state index contributed by atoms with van der Waals surface area (Å²) in [6.07, 6.45) is 5.74. The Bertz CT molecular complexity index is 1190.